The molecule has 2 atom stereocenters. The van der Waals surface area contributed by atoms with E-state index in [4.69, 9.17) is 9.26 Å². The van der Waals surface area contributed by atoms with E-state index in [1.54, 1.807) is 12.0 Å². The predicted octanol–water partition coefficient (Wildman–Crippen LogP) is 4.34. The van der Waals surface area contributed by atoms with Gasteiger partial charge >= 0.3 is 0 Å². The Balaban J connectivity index is 1.44. The molecule has 29 heavy (non-hydrogen) atoms. The molecule has 2 heterocycles. The van der Waals surface area contributed by atoms with Crippen LogP contribution in [-0.2, 0) is 11.2 Å². The van der Waals surface area contributed by atoms with Gasteiger partial charge in [0.2, 0.25) is 11.8 Å². The molecule has 0 N–H and O–H groups in total. The van der Waals surface area contributed by atoms with Crippen molar-refractivity contribution in [2.75, 3.05) is 18.6 Å². The van der Waals surface area contributed by atoms with E-state index < -0.39 is 0 Å². The maximum Gasteiger partial charge on any atom is 0.227 e. The molecule has 6 nitrogen and oxygen atoms in total. The smallest absolute Gasteiger partial charge is 0.227 e. The first-order chi connectivity index (χ1) is 14.2. The number of nitrogens with zero attached hydrogens (tertiary/aromatic N) is 3. The van der Waals surface area contributed by atoms with Gasteiger partial charge in [-0.1, -0.05) is 42.4 Å². The minimum Gasteiger partial charge on any atom is -0.497 e. The predicted molar refractivity (Wildman–Crippen MR) is 110 cm³/mol. The van der Waals surface area contributed by atoms with Crippen LogP contribution < -0.4 is 9.64 Å². The third-order valence-electron chi connectivity index (χ3n) is 5.54. The zero-order valence-electron chi connectivity index (χ0n) is 16.7. The number of carbonyl (C=O) groups is 1. The standard InChI is InChI=1S/C23H25N3O3/c1-3-16(17-9-11-20(28-2)12-10-17)13-21-24-23(25-29-21)18-14-22(27)26(15-18)19-7-5-4-6-8-19/h4-12,16,18H,3,13-15H2,1-2H3. The zero-order chi connectivity index (χ0) is 20.2. The molecule has 3 aromatic rings. The van der Waals surface area contributed by atoms with Crippen LogP contribution in [0.25, 0.3) is 0 Å². The van der Waals surface area contributed by atoms with E-state index in [-0.39, 0.29) is 11.8 Å². The summed E-state index contributed by atoms with van der Waals surface area (Å²) in [7, 11) is 1.67. The maximum absolute atomic E-state index is 12.5. The lowest BCUT2D eigenvalue weighted by Crippen LogP contribution is -2.24. The highest BCUT2D eigenvalue weighted by atomic mass is 16.5. The Morgan fingerprint density at radius 1 is 1.17 bits per heavy atom. The van der Waals surface area contributed by atoms with Crippen molar-refractivity contribution >= 4 is 11.6 Å². The van der Waals surface area contributed by atoms with E-state index in [0.717, 1.165) is 17.9 Å². The number of methoxy groups -OCH3 is 1. The quantitative estimate of drug-likeness (QED) is 0.599. The van der Waals surface area contributed by atoms with Crippen molar-refractivity contribution in [3.63, 3.8) is 0 Å². The number of para-hydroxylation sites is 1. The molecule has 1 amide bonds. The van der Waals surface area contributed by atoms with Crippen molar-refractivity contribution in [2.45, 2.75) is 38.0 Å². The van der Waals surface area contributed by atoms with Crippen molar-refractivity contribution in [3.8, 4) is 5.75 Å². The fourth-order valence-corrected chi connectivity index (χ4v) is 3.84. The van der Waals surface area contributed by atoms with Gasteiger partial charge in [-0.25, -0.2) is 0 Å². The first kappa shape index (κ1) is 19.2. The van der Waals surface area contributed by atoms with Crippen molar-refractivity contribution in [1.82, 2.24) is 10.1 Å². The number of ether oxygens (including phenoxy) is 1. The highest BCUT2D eigenvalue weighted by Crippen LogP contribution is 2.31. The molecule has 4 rings (SSSR count). The Kier molecular flexibility index (Phi) is 5.60. The molecule has 1 fully saturated rings. The number of hydrogen-bond acceptors (Lipinski definition) is 5. The minimum absolute atomic E-state index is 0.0405. The van der Waals surface area contributed by atoms with Gasteiger partial charge in [0.05, 0.1) is 7.11 Å². The molecule has 0 aliphatic carbocycles. The fraction of sp³-hybridized carbons (Fsp3) is 0.348. The molecule has 1 aliphatic heterocycles. The van der Waals surface area contributed by atoms with Gasteiger partial charge in [-0.2, -0.15) is 4.98 Å². The molecule has 0 spiro atoms. The number of benzene rings is 2. The van der Waals surface area contributed by atoms with Crippen LogP contribution in [0.4, 0.5) is 5.69 Å². The molecular weight excluding hydrogens is 366 g/mol. The Morgan fingerprint density at radius 2 is 1.93 bits per heavy atom. The van der Waals surface area contributed by atoms with Gasteiger partial charge in [0.1, 0.15) is 5.75 Å². The van der Waals surface area contributed by atoms with Gasteiger partial charge in [-0.05, 0) is 42.2 Å². The fourth-order valence-electron chi connectivity index (χ4n) is 3.84. The summed E-state index contributed by atoms with van der Waals surface area (Å²) < 4.78 is 10.8. The Morgan fingerprint density at radius 3 is 2.62 bits per heavy atom. The van der Waals surface area contributed by atoms with Crippen molar-refractivity contribution in [3.05, 3.63) is 71.9 Å². The first-order valence-corrected chi connectivity index (χ1v) is 9.99. The lowest BCUT2D eigenvalue weighted by molar-refractivity contribution is -0.117. The second kappa shape index (κ2) is 8.47. The topological polar surface area (TPSA) is 68.5 Å². The van der Waals surface area contributed by atoms with E-state index in [1.165, 1.54) is 5.56 Å². The molecule has 0 bridgehead atoms. The summed E-state index contributed by atoms with van der Waals surface area (Å²) in [6.45, 7) is 2.73. The van der Waals surface area contributed by atoms with Gasteiger partial charge in [-0.3, -0.25) is 4.79 Å². The van der Waals surface area contributed by atoms with E-state index in [9.17, 15) is 4.79 Å². The second-order valence-corrected chi connectivity index (χ2v) is 7.37. The van der Waals surface area contributed by atoms with Gasteiger partial charge in [-0.15, -0.1) is 0 Å². The SMILES string of the molecule is CCC(Cc1nc(C2CC(=O)N(c3ccccc3)C2)no1)c1ccc(OC)cc1. The molecule has 2 unspecified atom stereocenters. The summed E-state index contributed by atoms with van der Waals surface area (Å²) in [6.07, 6.45) is 2.05. The summed E-state index contributed by atoms with van der Waals surface area (Å²) in [5.74, 6) is 2.43. The molecule has 150 valence electrons. The lowest BCUT2D eigenvalue weighted by atomic mass is 9.93. The molecule has 6 heteroatoms. The molecule has 0 saturated carbocycles. The molecule has 1 aromatic heterocycles. The number of carbonyl (C=O) groups excluding carboxylic acids is 1. The molecule has 1 saturated heterocycles. The largest absolute Gasteiger partial charge is 0.497 e. The van der Waals surface area contributed by atoms with Crippen LogP contribution in [0.15, 0.2) is 59.1 Å². The van der Waals surface area contributed by atoms with Crippen LogP contribution in [0.5, 0.6) is 5.75 Å². The molecular formula is C23H25N3O3. The molecule has 0 radical (unpaired) electrons. The number of anilines is 1. The normalized spacial score (nSPS) is 17.5. The molecule has 1 aliphatic rings. The number of amides is 1. The minimum atomic E-state index is -0.0405. The average molecular weight is 391 g/mol. The average Bonchev–Trinajstić information content (AvgIpc) is 3.39. The van der Waals surface area contributed by atoms with E-state index >= 15 is 0 Å². The van der Waals surface area contributed by atoms with Crippen LogP contribution >= 0.6 is 0 Å². The Hall–Kier alpha value is -3.15. The number of aromatic nitrogens is 2. The summed E-state index contributed by atoms with van der Waals surface area (Å²) >= 11 is 0. The molecule has 2 aromatic carbocycles. The van der Waals surface area contributed by atoms with Gasteiger partial charge < -0.3 is 14.2 Å². The van der Waals surface area contributed by atoms with Crippen LogP contribution in [0.3, 0.4) is 0 Å². The van der Waals surface area contributed by atoms with E-state index in [1.807, 2.05) is 42.5 Å². The highest BCUT2D eigenvalue weighted by Gasteiger charge is 2.34. The van der Waals surface area contributed by atoms with Gasteiger partial charge in [0.15, 0.2) is 5.82 Å². The monoisotopic (exact) mass is 391 g/mol. The van der Waals surface area contributed by atoms with Crippen LogP contribution in [0, 0.1) is 0 Å². The summed E-state index contributed by atoms with van der Waals surface area (Å²) in [5, 5.41) is 4.18. The number of rotatable bonds is 7. The van der Waals surface area contributed by atoms with Crippen LogP contribution in [0.2, 0.25) is 0 Å². The van der Waals surface area contributed by atoms with Crippen LogP contribution in [-0.4, -0.2) is 29.7 Å². The van der Waals surface area contributed by atoms with Crippen LogP contribution in [0.1, 0.15) is 48.9 Å². The van der Waals surface area contributed by atoms with Crippen molar-refractivity contribution in [1.29, 1.82) is 0 Å². The highest BCUT2D eigenvalue weighted by molar-refractivity contribution is 5.96. The Bertz CT molecular complexity index is 953. The lowest BCUT2D eigenvalue weighted by Gasteiger charge is -2.15. The first-order valence-electron chi connectivity index (χ1n) is 9.99. The second-order valence-electron chi connectivity index (χ2n) is 7.37. The van der Waals surface area contributed by atoms with Gasteiger partial charge in [0.25, 0.3) is 0 Å². The van der Waals surface area contributed by atoms with E-state index in [2.05, 4.69) is 29.2 Å². The van der Waals surface area contributed by atoms with Crippen molar-refractivity contribution in [2.24, 2.45) is 0 Å². The third kappa shape index (κ3) is 4.16. The summed E-state index contributed by atoms with van der Waals surface area (Å²) in [6, 6.07) is 17.8. The zero-order valence-corrected chi connectivity index (χ0v) is 16.7. The summed E-state index contributed by atoms with van der Waals surface area (Å²) in [4.78, 5) is 18.9. The third-order valence-corrected chi connectivity index (χ3v) is 5.54. The van der Waals surface area contributed by atoms with Crippen molar-refractivity contribution < 1.29 is 14.1 Å². The summed E-state index contributed by atoms with van der Waals surface area (Å²) in [5.41, 5.74) is 2.13. The van der Waals surface area contributed by atoms with Gasteiger partial charge in [0, 0.05) is 31.0 Å². The Labute approximate surface area is 170 Å². The number of hydrogen-bond donors (Lipinski definition) is 0. The van der Waals surface area contributed by atoms with E-state index in [0.29, 0.717) is 37.0 Å². The maximum atomic E-state index is 12.5.